The molecule has 0 aliphatic rings. The monoisotopic (exact) mass is 202 g/mol. The number of hydrogen-bond acceptors (Lipinski definition) is 3. The van der Waals surface area contributed by atoms with Gasteiger partial charge in [-0.15, -0.1) is 0 Å². The fourth-order valence-electron chi connectivity index (χ4n) is 1.89. The zero-order chi connectivity index (χ0) is 11.0. The molecule has 0 bridgehead atoms. The number of aromatic amines is 1. The predicted octanol–water partition coefficient (Wildman–Crippen LogP) is 1.98. The lowest BCUT2D eigenvalue weighted by Gasteiger charge is -2.12. The molecule has 4 nitrogen and oxygen atoms in total. The minimum atomic E-state index is 0.775. The van der Waals surface area contributed by atoms with Crippen molar-refractivity contribution in [2.75, 3.05) is 5.73 Å². The Labute approximate surface area is 88.5 Å². The molecule has 1 aromatic heterocycles. The van der Waals surface area contributed by atoms with Crippen LogP contribution in [-0.4, -0.2) is 15.2 Å². The molecule has 0 radical (unpaired) electrons. The molecule has 1 aromatic carbocycles. The van der Waals surface area contributed by atoms with E-state index in [1.54, 1.807) is 0 Å². The molecule has 0 amide bonds. The number of hydrogen-bond donors (Lipinski definition) is 2. The van der Waals surface area contributed by atoms with Crippen molar-refractivity contribution in [3.63, 3.8) is 0 Å². The molecule has 0 atom stereocenters. The Morgan fingerprint density at radius 2 is 1.93 bits per heavy atom. The molecule has 78 valence electrons. The van der Waals surface area contributed by atoms with E-state index in [-0.39, 0.29) is 0 Å². The second-order valence-electron chi connectivity index (χ2n) is 3.76. The van der Waals surface area contributed by atoms with Gasteiger partial charge in [-0.1, -0.05) is 6.07 Å². The summed E-state index contributed by atoms with van der Waals surface area (Å²) in [6, 6.07) is 2.07. The summed E-state index contributed by atoms with van der Waals surface area (Å²) in [4.78, 5) is 4.16. The zero-order valence-electron chi connectivity index (χ0n) is 9.13. The van der Waals surface area contributed by atoms with Crippen molar-refractivity contribution in [1.29, 1.82) is 0 Å². The Hall–Kier alpha value is -1.84. The van der Waals surface area contributed by atoms with Crippen LogP contribution in [0, 0.1) is 20.8 Å². The van der Waals surface area contributed by atoms with Gasteiger partial charge in [-0.2, -0.15) is 5.10 Å². The van der Waals surface area contributed by atoms with Crippen LogP contribution < -0.4 is 5.73 Å². The zero-order valence-corrected chi connectivity index (χ0v) is 9.13. The summed E-state index contributed by atoms with van der Waals surface area (Å²) in [5.41, 5.74) is 11.2. The van der Waals surface area contributed by atoms with Crippen LogP contribution in [0.2, 0.25) is 0 Å². The molecule has 0 aliphatic heterocycles. The number of nitrogens with two attached hydrogens (primary N) is 1. The van der Waals surface area contributed by atoms with Gasteiger partial charge in [0.15, 0.2) is 5.82 Å². The third kappa shape index (κ3) is 1.48. The first-order valence-corrected chi connectivity index (χ1v) is 4.83. The van der Waals surface area contributed by atoms with Gasteiger partial charge in [-0.25, -0.2) is 4.98 Å². The Morgan fingerprint density at radius 3 is 2.53 bits per heavy atom. The topological polar surface area (TPSA) is 67.6 Å². The highest BCUT2D eigenvalue weighted by Gasteiger charge is 2.12. The molecule has 15 heavy (non-hydrogen) atoms. The van der Waals surface area contributed by atoms with Gasteiger partial charge in [0.2, 0.25) is 0 Å². The van der Waals surface area contributed by atoms with E-state index in [9.17, 15) is 0 Å². The first kappa shape index (κ1) is 9.71. The van der Waals surface area contributed by atoms with Gasteiger partial charge in [0.25, 0.3) is 0 Å². The third-order valence-corrected chi connectivity index (χ3v) is 2.68. The standard InChI is InChI=1S/C11H14N4/c1-6-4-7(2)10(12)8(3)9(6)11-13-5-14-15-11/h4-5H,12H2,1-3H3,(H,13,14,15). The van der Waals surface area contributed by atoms with Crippen molar-refractivity contribution in [3.8, 4) is 11.4 Å². The van der Waals surface area contributed by atoms with Crippen molar-refractivity contribution in [2.45, 2.75) is 20.8 Å². The number of aromatic nitrogens is 3. The lowest BCUT2D eigenvalue weighted by Crippen LogP contribution is -1.99. The molecule has 0 saturated heterocycles. The number of nitrogens with one attached hydrogen (secondary N) is 1. The number of nitrogens with zero attached hydrogens (tertiary/aromatic N) is 2. The lowest BCUT2D eigenvalue weighted by molar-refractivity contribution is 1.09. The van der Waals surface area contributed by atoms with Crippen molar-refractivity contribution in [1.82, 2.24) is 15.2 Å². The van der Waals surface area contributed by atoms with Crippen LogP contribution in [0.4, 0.5) is 5.69 Å². The van der Waals surface area contributed by atoms with Crippen LogP contribution >= 0.6 is 0 Å². The van der Waals surface area contributed by atoms with E-state index in [1.165, 1.54) is 6.33 Å². The minimum absolute atomic E-state index is 0.775. The molecule has 0 unspecified atom stereocenters. The number of nitrogen functional groups attached to an aromatic ring is 1. The van der Waals surface area contributed by atoms with Gasteiger partial charge in [-0.05, 0) is 37.5 Å². The molecule has 0 fully saturated rings. The average molecular weight is 202 g/mol. The summed E-state index contributed by atoms with van der Waals surface area (Å²) in [6.07, 6.45) is 1.50. The number of benzene rings is 1. The lowest BCUT2D eigenvalue weighted by atomic mass is 9.97. The van der Waals surface area contributed by atoms with Crippen molar-refractivity contribution in [3.05, 3.63) is 29.1 Å². The average Bonchev–Trinajstić information content (AvgIpc) is 2.68. The third-order valence-electron chi connectivity index (χ3n) is 2.68. The highest BCUT2D eigenvalue weighted by atomic mass is 15.2. The van der Waals surface area contributed by atoms with Gasteiger partial charge < -0.3 is 5.73 Å². The maximum Gasteiger partial charge on any atom is 0.156 e. The summed E-state index contributed by atoms with van der Waals surface area (Å²) >= 11 is 0. The van der Waals surface area contributed by atoms with Crippen molar-refractivity contribution in [2.24, 2.45) is 0 Å². The summed E-state index contributed by atoms with van der Waals surface area (Å²) in [5, 5.41) is 6.72. The highest BCUT2D eigenvalue weighted by molar-refractivity contribution is 5.73. The molecule has 0 spiro atoms. The molecule has 3 N–H and O–H groups in total. The first-order chi connectivity index (χ1) is 7.11. The van der Waals surface area contributed by atoms with Crippen LogP contribution in [0.1, 0.15) is 16.7 Å². The van der Waals surface area contributed by atoms with E-state index < -0.39 is 0 Å². The normalized spacial score (nSPS) is 10.6. The second-order valence-corrected chi connectivity index (χ2v) is 3.76. The minimum Gasteiger partial charge on any atom is -0.398 e. The molecular weight excluding hydrogens is 188 g/mol. The maximum atomic E-state index is 6.00. The summed E-state index contributed by atoms with van der Waals surface area (Å²) in [5.74, 6) is 0.775. The number of H-pyrrole nitrogens is 1. The van der Waals surface area contributed by atoms with Crippen LogP contribution in [0.3, 0.4) is 0 Å². The molecule has 4 heteroatoms. The van der Waals surface area contributed by atoms with Crippen molar-refractivity contribution >= 4 is 5.69 Å². The van der Waals surface area contributed by atoms with E-state index >= 15 is 0 Å². The van der Waals surface area contributed by atoms with E-state index in [1.807, 2.05) is 13.8 Å². The fourth-order valence-corrected chi connectivity index (χ4v) is 1.89. The van der Waals surface area contributed by atoms with E-state index in [4.69, 9.17) is 5.73 Å². The van der Waals surface area contributed by atoms with Gasteiger partial charge in [0, 0.05) is 11.3 Å². The maximum absolute atomic E-state index is 6.00. The van der Waals surface area contributed by atoms with Gasteiger partial charge in [0.05, 0.1) is 0 Å². The Morgan fingerprint density at radius 1 is 1.20 bits per heavy atom. The van der Waals surface area contributed by atoms with Gasteiger partial charge >= 0.3 is 0 Å². The van der Waals surface area contributed by atoms with E-state index in [2.05, 4.69) is 28.2 Å². The van der Waals surface area contributed by atoms with Crippen LogP contribution in [-0.2, 0) is 0 Å². The van der Waals surface area contributed by atoms with E-state index in [0.717, 1.165) is 33.8 Å². The molecule has 2 aromatic rings. The summed E-state index contributed by atoms with van der Waals surface area (Å²) in [7, 11) is 0. The van der Waals surface area contributed by atoms with Gasteiger partial charge in [-0.3, -0.25) is 5.10 Å². The first-order valence-electron chi connectivity index (χ1n) is 4.83. The molecule has 1 heterocycles. The Bertz CT molecular complexity index is 486. The number of rotatable bonds is 1. The molecule has 0 saturated carbocycles. The van der Waals surface area contributed by atoms with Crippen LogP contribution in [0.5, 0.6) is 0 Å². The fraction of sp³-hybridized carbons (Fsp3) is 0.273. The predicted molar refractivity (Wildman–Crippen MR) is 60.4 cm³/mol. The Balaban J connectivity index is 2.72. The molecule has 2 rings (SSSR count). The molecule has 0 aliphatic carbocycles. The van der Waals surface area contributed by atoms with Crippen LogP contribution in [0.15, 0.2) is 12.4 Å². The number of aryl methyl sites for hydroxylation is 2. The largest absolute Gasteiger partial charge is 0.398 e. The van der Waals surface area contributed by atoms with Crippen LogP contribution in [0.25, 0.3) is 11.4 Å². The summed E-state index contributed by atoms with van der Waals surface area (Å²) < 4.78 is 0. The quantitative estimate of drug-likeness (QED) is 0.695. The van der Waals surface area contributed by atoms with E-state index in [0.29, 0.717) is 0 Å². The highest BCUT2D eigenvalue weighted by Crippen LogP contribution is 2.30. The SMILES string of the molecule is Cc1cc(C)c(-c2ncn[nH]2)c(C)c1N. The summed E-state index contributed by atoms with van der Waals surface area (Å²) in [6.45, 7) is 6.07. The second kappa shape index (κ2) is 3.38. The molecular formula is C11H14N4. The van der Waals surface area contributed by atoms with Gasteiger partial charge in [0.1, 0.15) is 6.33 Å². The Kier molecular flexibility index (Phi) is 2.19. The smallest absolute Gasteiger partial charge is 0.156 e. The number of anilines is 1. The van der Waals surface area contributed by atoms with Crippen molar-refractivity contribution < 1.29 is 0 Å².